The van der Waals surface area contributed by atoms with Crippen LogP contribution in [0.1, 0.15) is 6.42 Å². The van der Waals surface area contributed by atoms with Gasteiger partial charge in [0.15, 0.2) is 0 Å². The van der Waals surface area contributed by atoms with Crippen molar-refractivity contribution in [2.75, 3.05) is 6.54 Å². The van der Waals surface area contributed by atoms with Gasteiger partial charge in [-0.25, -0.2) is 0 Å². The Morgan fingerprint density at radius 1 is 0.773 bits per heavy atom. The summed E-state index contributed by atoms with van der Waals surface area (Å²) in [5.41, 5.74) is 11.3. The van der Waals surface area contributed by atoms with Gasteiger partial charge in [-0.1, -0.05) is 0 Å². The summed E-state index contributed by atoms with van der Waals surface area (Å²) in [5.74, 6) is -5.89. The molecule has 0 heterocycles. The molecule has 11 heteroatoms. The molecule has 0 amide bonds. The zero-order chi connectivity index (χ0) is 17.6. The van der Waals surface area contributed by atoms with E-state index in [0.717, 1.165) is 0 Å². The van der Waals surface area contributed by atoms with Crippen molar-refractivity contribution in [3.05, 3.63) is 0 Å². The molecule has 0 spiro atoms. The van der Waals surface area contributed by atoms with Gasteiger partial charge >= 0.3 is 126 Å². The monoisotopic (exact) mass is 365 g/mol. The summed E-state index contributed by atoms with van der Waals surface area (Å²) in [6.45, 7) is -0.0413. The third-order valence-electron chi connectivity index (χ3n) is 2.95. The van der Waals surface area contributed by atoms with Crippen molar-refractivity contribution < 1.29 is 51.4 Å². The normalized spacial score (nSPS) is 14.5. The Morgan fingerprint density at radius 2 is 1.05 bits per heavy atom. The minimum absolute atomic E-state index is 0.0413. The van der Waals surface area contributed by atoms with Crippen LogP contribution in [0.15, 0.2) is 0 Å². The topological polar surface area (TPSA) is 201 Å². The summed E-state index contributed by atoms with van der Waals surface area (Å²) >= 11 is -4.58. The van der Waals surface area contributed by atoms with E-state index in [-0.39, 0.29) is 13.0 Å². The van der Waals surface area contributed by atoms with E-state index in [1.165, 1.54) is 0 Å². The first-order chi connectivity index (χ1) is 9.97. The van der Waals surface area contributed by atoms with Gasteiger partial charge < -0.3 is 0 Å². The van der Waals surface area contributed by atoms with Crippen molar-refractivity contribution in [3.63, 3.8) is 0 Å². The van der Waals surface area contributed by atoms with Crippen LogP contribution in [0.25, 0.3) is 0 Å². The van der Waals surface area contributed by atoms with Crippen LogP contribution in [0.3, 0.4) is 0 Å². The fraction of sp³-hybridized carbons (Fsp3) is 0.636. The number of aliphatic carboxylic acids is 4. The summed E-state index contributed by atoms with van der Waals surface area (Å²) in [4.78, 5) is 43.8. The van der Waals surface area contributed by atoms with Crippen molar-refractivity contribution in [1.82, 2.24) is 0 Å². The molecule has 0 aliphatic heterocycles. The third-order valence-corrected chi connectivity index (χ3v) is 11.1. The molecule has 0 rings (SSSR count). The van der Waals surface area contributed by atoms with Crippen molar-refractivity contribution in [2.24, 2.45) is 11.5 Å². The predicted molar refractivity (Wildman–Crippen MR) is 71.4 cm³/mol. The van der Waals surface area contributed by atoms with Crippen molar-refractivity contribution in [3.8, 4) is 0 Å². The second-order valence-corrected chi connectivity index (χ2v) is 12.3. The molecule has 0 fully saturated rings. The molecule has 0 aromatic heterocycles. The molecule has 0 bridgehead atoms. The number of nitrogens with two attached hydrogens (primary N) is 2. The second-order valence-electron chi connectivity index (χ2n) is 4.79. The summed E-state index contributed by atoms with van der Waals surface area (Å²) < 4.78 is 0. The molecule has 8 N–H and O–H groups in total. The SMILES string of the molecule is NCC[CH](N)[Fe]([CH2]C(=O)O)([CH2]C(=O)O)([CH2]C(=O)O)[CH2]C(=O)O. The molecule has 0 radical (unpaired) electrons. The Balaban J connectivity index is 6.37. The van der Waals surface area contributed by atoms with E-state index in [9.17, 15) is 19.2 Å². The molecule has 0 aliphatic rings. The maximum absolute atomic E-state index is 11.2. The van der Waals surface area contributed by atoms with Crippen LogP contribution in [-0.4, -0.2) is 55.8 Å². The zero-order valence-corrected chi connectivity index (χ0v) is 12.9. The molecule has 0 aromatic rings. The molecular weight excluding hydrogens is 344 g/mol. The summed E-state index contributed by atoms with van der Waals surface area (Å²) in [6, 6.07) is 0. The van der Waals surface area contributed by atoms with Crippen molar-refractivity contribution in [2.45, 2.75) is 32.6 Å². The number of carboxylic acids is 4. The first-order valence-electron chi connectivity index (χ1n) is 5.98. The Hall–Kier alpha value is -1.68. The zero-order valence-electron chi connectivity index (χ0n) is 11.8. The van der Waals surface area contributed by atoms with E-state index in [1.807, 2.05) is 0 Å². The van der Waals surface area contributed by atoms with Gasteiger partial charge in [0, 0.05) is 0 Å². The van der Waals surface area contributed by atoms with E-state index in [4.69, 9.17) is 31.9 Å². The van der Waals surface area contributed by atoms with Crippen LogP contribution >= 0.6 is 0 Å². The van der Waals surface area contributed by atoms with Gasteiger partial charge in [-0.2, -0.15) is 0 Å². The van der Waals surface area contributed by atoms with Crippen molar-refractivity contribution in [1.29, 1.82) is 0 Å². The first-order valence-corrected chi connectivity index (χ1v) is 9.74. The van der Waals surface area contributed by atoms with Crippen LogP contribution in [0, 0.1) is 0 Å². The van der Waals surface area contributed by atoms with Crippen LogP contribution in [0.4, 0.5) is 0 Å². The quantitative estimate of drug-likeness (QED) is 0.255. The molecular formula is C11H21FeN2O8. The van der Waals surface area contributed by atoms with Gasteiger partial charge in [-0.05, 0) is 0 Å². The van der Waals surface area contributed by atoms with Gasteiger partial charge in [0.05, 0.1) is 0 Å². The van der Waals surface area contributed by atoms with E-state index < -0.39 is 61.9 Å². The van der Waals surface area contributed by atoms with Crippen LogP contribution in [0.2, 0.25) is 21.3 Å². The molecule has 1 unspecified atom stereocenters. The number of carbonyl (C=O) groups is 4. The predicted octanol–water partition coefficient (Wildman–Crippen LogP) is -0.679. The Morgan fingerprint density at radius 3 is 1.23 bits per heavy atom. The average molecular weight is 365 g/mol. The van der Waals surface area contributed by atoms with Crippen LogP contribution < -0.4 is 11.5 Å². The molecule has 0 aromatic carbocycles. The van der Waals surface area contributed by atoms with Crippen LogP contribution in [-0.2, 0) is 31.0 Å². The molecule has 0 aliphatic carbocycles. The number of hydrogen-bond donors (Lipinski definition) is 6. The van der Waals surface area contributed by atoms with Gasteiger partial charge in [-0.3, -0.25) is 0 Å². The van der Waals surface area contributed by atoms with Crippen LogP contribution in [0.5, 0.6) is 0 Å². The fourth-order valence-electron chi connectivity index (χ4n) is 2.23. The molecule has 131 valence electrons. The fourth-order valence-corrected chi connectivity index (χ4v) is 8.91. The molecule has 1 atom stereocenters. The Kier molecular flexibility index (Phi) is 6.97. The van der Waals surface area contributed by atoms with Gasteiger partial charge in [0.1, 0.15) is 0 Å². The number of carboxylic acid groups (broad SMARTS) is 4. The third kappa shape index (κ3) is 4.95. The summed E-state index contributed by atoms with van der Waals surface area (Å²) in [6.07, 6.45) is -0.0517. The Labute approximate surface area is 126 Å². The molecule has 0 saturated heterocycles. The minimum atomic E-state index is -4.58. The molecule has 22 heavy (non-hydrogen) atoms. The van der Waals surface area contributed by atoms with Gasteiger partial charge in [0.25, 0.3) is 0 Å². The standard InChI is InChI=1S/C3H9N2.4C2H3O2.Fe/c4-2-1-3-5;4*1-2(3)4;/h2H,1,3-5H2;4*1H2,(H,3,4);. The first kappa shape index (κ1) is 20.3. The van der Waals surface area contributed by atoms with E-state index in [1.54, 1.807) is 0 Å². The van der Waals surface area contributed by atoms with E-state index >= 15 is 0 Å². The van der Waals surface area contributed by atoms with Gasteiger partial charge in [0.2, 0.25) is 0 Å². The Bertz CT molecular complexity index is 405. The van der Waals surface area contributed by atoms with E-state index in [2.05, 4.69) is 0 Å². The average Bonchev–Trinajstić information content (AvgIpc) is 2.24. The second kappa shape index (κ2) is 7.54. The number of rotatable bonds is 11. The maximum atomic E-state index is 11.2. The van der Waals surface area contributed by atoms with E-state index in [0.29, 0.717) is 0 Å². The van der Waals surface area contributed by atoms with Crippen molar-refractivity contribution >= 4 is 23.9 Å². The molecule has 0 saturated carbocycles. The number of hydrogen-bond acceptors (Lipinski definition) is 6. The summed E-state index contributed by atoms with van der Waals surface area (Å²) in [5, 5.41) is 33.1. The molecule has 10 nitrogen and oxygen atoms in total. The summed E-state index contributed by atoms with van der Waals surface area (Å²) in [7, 11) is 0. The van der Waals surface area contributed by atoms with Gasteiger partial charge in [-0.15, -0.1) is 0 Å².